The lowest BCUT2D eigenvalue weighted by Crippen LogP contribution is -2.08. The van der Waals surface area contributed by atoms with Gasteiger partial charge < -0.3 is 15.6 Å². The standard InChI is InChI=1S/C9H12N2O4/c1-5(10)6-3-9(15-2)8(12)4-7(6)11(13)14/h3-5,12H,10H2,1-2H3. The summed E-state index contributed by atoms with van der Waals surface area (Å²) < 4.78 is 4.84. The quantitative estimate of drug-likeness (QED) is 0.581. The molecule has 0 bridgehead atoms. The molecular weight excluding hydrogens is 200 g/mol. The maximum atomic E-state index is 10.7. The van der Waals surface area contributed by atoms with Gasteiger partial charge in [-0.3, -0.25) is 10.1 Å². The molecule has 1 unspecified atom stereocenters. The van der Waals surface area contributed by atoms with Crippen molar-refractivity contribution in [2.24, 2.45) is 5.73 Å². The molecule has 0 saturated carbocycles. The number of rotatable bonds is 3. The predicted molar refractivity (Wildman–Crippen MR) is 53.9 cm³/mol. The zero-order valence-corrected chi connectivity index (χ0v) is 8.43. The van der Waals surface area contributed by atoms with E-state index in [0.717, 1.165) is 6.07 Å². The van der Waals surface area contributed by atoms with Crippen molar-refractivity contribution in [1.82, 2.24) is 0 Å². The molecule has 0 spiro atoms. The zero-order chi connectivity index (χ0) is 11.6. The van der Waals surface area contributed by atoms with Gasteiger partial charge in [-0.15, -0.1) is 0 Å². The van der Waals surface area contributed by atoms with Crippen LogP contribution < -0.4 is 10.5 Å². The molecule has 0 radical (unpaired) electrons. The molecule has 15 heavy (non-hydrogen) atoms. The minimum absolute atomic E-state index is 0.174. The Balaban J connectivity index is 3.38. The molecule has 1 aromatic rings. The van der Waals surface area contributed by atoms with Crippen LogP contribution in [0, 0.1) is 10.1 Å². The maximum absolute atomic E-state index is 10.7. The second-order valence-electron chi connectivity index (χ2n) is 3.13. The molecule has 6 heteroatoms. The average Bonchev–Trinajstić information content (AvgIpc) is 2.16. The van der Waals surface area contributed by atoms with Crippen molar-refractivity contribution in [2.45, 2.75) is 13.0 Å². The molecule has 0 aliphatic carbocycles. The van der Waals surface area contributed by atoms with E-state index in [-0.39, 0.29) is 17.2 Å². The Morgan fingerprint density at radius 2 is 2.20 bits per heavy atom. The summed E-state index contributed by atoms with van der Waals surface area (Å²) in [6, 6.07) is 1.91. The van der Waals surface area contributed by atoms with Crippen LogP contribution in [0.5, 0.6) is 11.5 Å². The minimum Gasteiger partial charge on any atom is -0.504 e. The largest absolute Gasteiger partial charge is 0.504 e. The van der Waals surface area contributed by atoms with E-state index in [1.807, 2.05) is 0 Å². The molecule has 0 saturated heterocycles. The molecule has 1 aromatic carbocycles. The fourth-order valence-corrected chi connectivity index (χ4v) is 1.26. The highest BCUT2D eigenvalue weighted by molar-refractivity contribution is 5.54. The molecule has 1 rings (SSSR count). The number of nitrogens with zero attached hydrogens (tertiary/aromatic N) is 1. The predicted octanol–water partition coefficient (Wildman–Crippen LogP) is 1.33. The van der Waals surface area contributed by atoms with E-state index >= 15 is 0 Å². The lowest BCUT2D eigenvalue weighted by molar-refractivity contribution is -0.385. The van der Waals surface area contributed by atoms with Crippen LogP contribution in [-0.4, -0.2) is 17.1 Å². The van der Waals surface area contributed by atoms with E-state index in [1.54, 1.807) is 6.92 Å². The summed E-state index contributed by atoms with van der Waals surface area (Å²) >= 11 is 0. The average molecular weight is 212 g/mol. The van der Waals surface area contributed by atoms with E-state index in [0.29, 0.717) is 5.56 Å². The van der Waals surface area contributed by atoms with Gasteiger partial charge in [0.1, 0.15) is 0 Å². The summed E-state index contributed by atoms with van der Waals surface area (Å²) in [6.45, 7) is 1.62. The molecule has 0 aromatic heterocycles. The van der Waals surface area contributed by atoms with Gasteiger partial charge in [-0.1, -0.05) is 0 Å². The fourth-order valence-electron chi connectivity index (χ4n) is 1.26. The highest BCUT2D eigenvalue weighted by Gasteiger charge is 2.20. The summed E-state index contributed by atoms with van der Waals surface area (Å²) in [5.41, 5.74) is 5.71. The third-order valence-electron chi connectivity index (χ3n) is 2.02. The van der Waals surface area contributed by atoms with E-state index in [1.165, 1.54) is 13.2 Å². The number of methoxy groups -OCH3 is 1. The first-order chi connectivity index (χ1) is 6.97. The number of hydrogen-bond donors (Lipinski definition) is 2. The lowest BCUT2D eigenvalue weighted by Gasteiger charge is -2.10. The smallest absolute Gasteiger partial charge is 0.278 e. The third kappa shape index (κ3) is 2.16. The number of aromatic hydroxyl groups is 1. The van der Waals surface area contributed by atoms with Crippen molar-refractivity contribution >= 4 is 5.69 Å². The maximum Gasteiger partial charge on any atom is 0.278 e. The van der Waals surface area contributed by atoms with Crippen LogP contribution in [0.25, 0.3) is 0 Å². The number of phenolic OH excluding ortho intramolecular Hbond substituents is 1. The van der Waals surface area contributed by atoms with Gasteiger partial charge in [-0.25, -0.2) is 0 Å². The van der Waals surface area contributed by atoms with Gasteiger partial charge in [0.05, 0.1) is 23.7 Å². The normalized spacial score (nSPS) is 12.2. The van der Waals surface area contributed by atoms with Crippen molar-refractivity contribution in [2.75, 3.05) is 7.11 Å². The summed E-state index contributed by atoms with van der Waals surface area (Å²) in [5.74, 6) is -0.0958. The molecular formula is C9H12N2O4. The molecule has 3 N–H and O–H groups in total. The fraction of sp³-hybridized carbons (Fsp3) is 0.333. The molecule has 82 valence electrons. The van der Waals surface area contributed by atoms with E-state index in [2.05, 4.69) is 0 Å². The Hall–Kier alpha value is -1.82. The Labute approximate surface area is 86.4 Å². The lowest BCUT2D eigenvalue weighted by atomic mass is 10.1. The molecule has 6 nitrogen and oxygen atoms in total. The molecule has 0 aliphatic heterocycles. The van der Waals surface area contributed by atoms with Gasteiger partial charge in [0.25, 0.3) is 5.69 Å². The van der Waals surface area contributed by atoms with Gasteiger partial charge in [0.2, 0.25) is 0 Å². The molecule has 0 amide bonds. The number of hydrogen-bond acceptors (Lipinski definition) is 5. The van der Waals surface area contributed by atoms with E-state index < -0.39 is 11.0 Å². The van der Waals surface area contributed by atoms with Crippen molar-refractivity contribution < 1.29 is 14.8 Å². The Morgan fingerprint density at radius 1 is 1.60 bits per heavy atom. The first-order valence-corrected chi connectivity index (χ1v) is 4.28. The van der Waals surface area contributed by atoms with Crippen LogP contribution in [0.2, 0.25) is 0 Å². The van der Waals surface area contributed by atoms with Crippen molar-refractivity contribution in [3.8, 4) is 11.5 Å². The van der Waals surface area contributed by atoms with Gasteiger partial charge in [-0.05, 0) is 13.0 Å². The number of nitro benzene ring substituents is 1. The van der Waals surface area contributed by atoms with Gasteiger partial charge in [-0.2, -0.15) is 0 Å². The summed E-state index contributed by atoms with van der Waals surface area (Å²) in [6.07, 6.45) is 0. The summed E-state index contributed by atoms with van der Waals surface area (Å²) in [7, 11) is 1.37. The highest BCUT2D eigenvalue weighted by Crippen LogP contribution is 2.35. The third-order valence-corrected chi connectivity index (χ3v) is 2.02. The molecule has 0 heterocycles. The number of benzene rings is 1. The number of phenols is 1. The molecule has 0 aliphatic rings. The number of nitro groups is 1. The SMILES string of the molecule is COc1cc(C(C)N)c([N+](=O)[O-])cc1O. The van der Waals surface area contributed by atoms with Gasteiger partial charge >= 0.3 is 0 Å². The second-order valence-corrected chi connectivity index (χ2v) is 3.13. The van der Waals surface area contributed by atoms with E-state index in [4.69, 9.17) is 10.5 Å². The van der Waals surface area contributed by atoms with E-state index in [9.17, 15) is 15.2 Å². The van der Waals surface area contributed by atoms with Crippen LogP contribution in [-0.2, 0) is 0 Å². The summed E-state index contributed by atoms with van der Waals surface area (Å²) in [5, 5.41) is 20.1. The zero-order valence-electron chi connectivity index (χ0n) is 8.43. The Bertz CT molecular complexity index is 390. The minimum atomic E-state index is -0.585. The first kappa shape index (κ1) is 11.3. The van der Waals surface area contributed by atoms with Crippen LogP contribution in [0.1, 0.15) is 18.5 Å². The van der Waals surface area contributed by atoms with Crippen LogP contribution in [0.3, 0.4) is 0 Å². The Kier molecular flexibility index (Phi) is 3.11. The van der Waals surface area contributed by atoms with Crippen molar-refractivity contribution in [3.05, 3.63) is 27.8 Å². The van der Waals surface area contributed by atoms with Crippen LogP contribution >= 0.6 is 0 Å². The second kappa shape index (κ2) is 4.14. The summed E-state index contributed by atoms with van der Waals surface area (Å²) in [4.78, 5) is 10.1. The highest BCUT2D eigenvalue weighted by atomic mass is 16.6. The van der Waals surface area contributed by atoms with Gasteiger partial charge in [0, 0.05) is 6.04 Å². The van der Waals surface area contributed by atoms with Crippen molar-refractivity contribution in [3.63, 3.8) is 0 Å². The van der Waals surface area contributed by atoms with Crippen LogP contribution in [0.15, 0.2) is 12.1 Å². The Morgan fingerprint density at radius 3 is 2.60 bits per heavy atom. The molecule has 0 fully saturated rings. The molecule has 1 atom stereocenters. The number of nitrogens with two attached hydrogens (primary N) is 1. The van der Waals surface area contributed by atoms with Gasteiger partial charge in [0.15, 0.2) is 11.5 Å². The van der Waals surface area contributed by atoms with Crippen molar-refractivity contribution in [1.29, 1.82) is 0 Å². The topological polar surface area (TPSA) is 98.6 Å². The first-order valence-electron chi connectivity index (χ1n) is 4.28. The monoisotopic (exact) mass is 212 g/mol. The van der Waals surface area contributed by atoms with Crippen LogP contribution in [0.4, 0.5) is 5.69 Å². The number of ether oxygens (including phenoxy) is 1.